The van der Waals surface area contributed by atoms with Crippen LogP contribution in [0.5, 0.6) is 0 Å². The minimum Gasteiger partial charge on any atom is -0.444 e. The van der Waals surface area contributed by atoms with Crippen molar-refractivity contribution in [3.8, 4) is 0 Å². The van der Waals surface area contributed by atoms with Gasteiger partial charge in [-0.1, -0.05) is 42.2 Å². The lowest BCUT2D eigenvalue weighted by Crippen LogP contribution is -2.49. The van der Waals surface area contributed by atoms with Crippen LogP contribution in [0.25, 0.3) is 0 Å². The van der Waals surface area contributed by atoms with Crippen LogP contribution < -0.4 is 10.6 Å². The van der Waals surface area contributed by atoms with Crippen LogP contribution in [0.4, 0.5) is 4.79 Å². The summed E-state index contributed by atoms with van der Waals surface area (Å²) >= 11 is 12.2. The first-order chi connectivity index (χ1) is 13.4. The van der Waals surface area contributed by atoms with Crippen molar-refractivity contribution in [2.45, 2.75) is 52.7 Å². The average Bonchev–Trinajstić information content (AvgIpc) is 2.56. The number of hydrogen-bond donors (Lipinski definition) is 2. The molecule has 9 heteroatoms. The molecule has 162 valence electrons. The summed E-state index contributed by atoms with van der Waals surface area (Å²) in [5.74, 6) is -0.183. The minimum atomic E-state index is -0.755. The Balaban J connectivity index is 2.88. The van der Waals surface area contributed by atoms with Crippen LogP contribution in [-0.2, 0) is 14.4 Å². The lowest BCUT2D eigenvalue weighted by molar-refractivity contribution is -0.123. The van der Waals surface area contributed by atoms with Crippen molar-refractivity contribution < 1.29 is 19.2 Å². The highest BCUT2D eigenvalue weighted by molar-refractivity contribution is 6.37. The summed E-state index contributed by atoms with van der Waals surface area (Å²) in [5, 5.41) is 10.2. The predicted octanol–water partition coefficient (Wildman–Crippen LogP) is 4.40. The molecule has 0 heterocycles. The van der Waals surface area contributed by atoms with Crippen molar-refractivity contribution in [3.05, 3.63) is 33.8 Å². The van der Waals surface area contributed by atoms with Gasteiger partial charge in [0.25, 0.3) is 0 Å². The summed E-state index contributed by atoms with van der Waals surface area (Å²) < 4.78 is 5.26. The number of nitrogens with zero attached hydrogens (tertiary/aromatic N) is 1. The molecule has 0 spiro atoms. The largest absolute Gasteiger partial charge is 0.444 e. The van der Waals surface area contributed by atoms with Gasteiger partial charge in [0.2, 0.25) is 5.91 Å². The molecule has 2 amide bonds. The number of nitrogens with one attached hydrogen (secondary N) is 2. The number of carbonyl (C=O) groups excluding carboxylic acids is 2. The highest BCUT2D eigenvalue weighted by Crippen LogP contribution is 2.21. The van der Waals surface area contributed by atoms with Gasteiger partial charge in [-0.3, -0.25) is 4.79 Å². The van der Waals surface area contributed by atoms with Crippen LogP contribution >= 0.6 is 23.2 Å². The van der Waals surface area contributed by atoms with Gasteiger partial charge in [0.05, 0.1) is 11.6 Å². The molecule has 1 rings (SSSR count). The molecule has 7 nitrogen and oxygen atoms in total. The van der Waals surface area contributed by atoms with Crippen molar-refractivity contribution in [1.82, 2.24) is 10.6 Å². The smallest absolute Gasteiger partial charge is 0.408 e. The third-order valence-electron chi connectivity index (χ3n) is 3.59. The maximum absolute atomic E-state index is 12.7. The number of ether oxygens (including phenoxy) is 1. The van der Waals surface area contributed by atoms with Gasteiger partial charge in [-0.15, -0.1) is 0 Å². The molecule has 1 aromatic carbocycles. The number of benzene rings is 1. The molecule has 0 aromatic heterocycles. The van der Waals surface area contributed by atoms with E-state index in [4.69, 9.17) is 32.8 Å². The van der Waals surface area contributed by atoms with E-state index in [1.54, 1.807) is 39.0 Å². The molecule has 0 saturated heterocycles. The van der Waals surface area contributed by atoms with Crippen molar-refractivity contribution in [3.63, 3.8) is 0 Å². The van der Waals surface area contributed by atoms with Crippen molar-refractivity contribution in [2.75, 3.05) is 13.7 Å². The molecule has 1 unspecified atom stereocenters. The first-order valence-electron chi connectivity index (χ1n) is 9.25. The number of amides is 2. The molecule has 29 heavy (non-hydrogen) atoms. The van der Waals surface area contributed by atoms with E-state index in [1.807, 2.05) is 13.8 Å². The Morgan fingerprint density at radius 2 is 1.86 bits per heavy atom. The van der Waals surface area contributed by atoms with Crippen LogP contribution in [0.3, 0.4) is 0 Å². The zero-order chi connectivity index (χ0) is 22.2. The summed E-state index contributed by atoms with van der Waals surface area (Å²) in [4.78, 5) is 29.7. The number of rotatable bonds is 8. The van der Waals surface area contributed by atoms with E-state index in [2.05, 4.69) is 15.8 Å². The zero-order valence-corrected chi connectivity index (χ0v) is 19.1. The molecule has 1 aromatic rings. The summed E-state index contributed by atoms with van der Waals surface area (Å²) in [6, 6.07) is 4.19. The SMILES string of the molecule is CON=C(CNC(=O)C(CC(C)C)NC(=O)OC(C)(C)C)c1ccc(Cl)cc1Cl. The number of hydrogen-bond acceptors (Lipinski definition) is 5. The minimum absolute atomic E-state index is 0.0542. The van der Waals surface area contributed by atoms with Gasteiger partial charge < -0.3 is 20.2 Å². The van der Waals surface area contributed by atoms with Crippen molar-refractivity contribution >= 4 is 40.9 Å². The van der Waals surface area contributed by atoms with E-state index in [-0.39, 0.29) is 18.4 Å². The Morgan fingerprint density at radius 1 is 1.21 bits per heavy atom. The second kappa shape index (κ2) is 11.3. The van der Waals surface area contributed by atoms with Gasteiger partial charge in [0.1, 0.15) is 24.5 Å². The normalized spacial score (nSPS) is 13.1. The zero-order valence-electron chi connectivity index (χ0n) is 17.6. The van der Waals surface area contributed by atoms with E-state index < -0.39 is 17.7 Å². The Morgan fingerprint density at radius 3 is 2.38 bits per heavy atom. The quantitative estimate of drug-likeness (QED) is 0.458. The second-order valence-corrected chi connectivity index (χ2v) is 8.73. The lowest BCUT2D eigenvalue weighted by Gasteiger charge is -2.24. The molecule has 0 bridgehead atoms. The molecule has 0 aliphatic heterocycles. The standard InChI is InChI=1S/C20H29Cl2N3O4/c1-12(2)9-16(24-19(27)29-20(3,4)5)18(26)23-11-17(25-28-6)14-8-7-13(21)10-15(14)22/h7-8,10,12,16H,9,11H2,1-6H3,(H,23,26)(H,24,27). The molecule has 2 N–H and O–H groups in total. The van der Waals surface area contributed by atoms with Gasteiger partial charge in [-0.25, -0.2) is 4.79 Å². The van der Waals surface area contributed by atoms with Crippen LogP contribution in [0.15, 0.2) is 23.4 Å². The monoisotopic (exact) mass is 445 g/mol. The average molecular weight is 446 g/mol. The van der Waals surface area contributed by atoms with Gasteiger partial charge in [0, 0.05) is 10.6 Å². The number of alkyl carbamates (subject to hydrolysis) is 1. The highest BCUT2D eigenvalue weighted by Gasteiger charge is 2.25. The van der Waals surface area contributed by atoms with E-state index >= 15 is 0 Å². The summed E-state index contributed by atoms with van der Waals surface area (Å²) in [6.45, 7) is 9.25. The third kappa shape index (κ3) is 9.37. The van der Waals surface area contributed by atoms with Gasteiger partial charge in [0.15, 0.2) is 0 Å². The number of carbonyl (C=O) groups is 2. The second-order valence-electron chi connectivity index (χ2n) is 7.89. The third-order valence-corrected chi connectivity index (χ3v) is 4.14. The summed E-state index contributed by atoms with van der Waals surface area (Å²) in [6.07, 6.45) is -0.200. The number of oxime groups is 1. The summed E-state index contributed by atoms with van der Waals surface area (Å²) in [5.41, 5.74) is 0.342. The molecule has 0 aliphatic rings. The molecule has 0 saturated carbocycles. The van der Waals surface area contributed by atoms with Gasteiger partial charge >= 0.3 is 6.09 Å². The number of halogens is 2. The maximum atomic E-state index is 12.7. The van der Waals surface area contributed by atoms with Crippen molar-refractivity contribution in [2.24, 2.45) is 11.1 Å². The lowest BCUT2D eigenvalue weighted by atomic mass is 10.0. The fraction of sp³-hybridized carbons (Fsp3) is 0.550. The molecule has 0 aliphatic carbocycles. The van der Waals surface area contributed by atoms with Gasteiger partial charge in [-0.2, -0.15) is 0 Å². The molecular weight excluding hydrogens is 417 g/mol. The topological polar surface area (TPSA) is 89.0 Å². The van der Waals surface area contributed by atoms with E-state index in [0.29, 0.717) is 27.7 Å². The molecular formula is C20H29Cl2N3O4. The van der Waals surface area contributed by atoms with Crippen LogP contribution in [0.1, 0.15) is 46.6 Å². The van der Waals surface area contributed by atoms with Crippen LogP contribution in [0, 0.1) is 5.92 Å². The van der Waals surface area contributed by atoms with E-state index in [9.17, 15) is 9.59 Å². The molecule has 0 radical (unpaired) electrons. The van der Waals surface area contributed by atoms with Crippen molar-refractivity contribution in [1.29, 1.82) is 0 Å². The van der Waals surface area contributed by atoms with Gasteiger partial charge in [-0.05, 0) is 51.3 Å². The Bertz CT molecular complexity index is 746. The predicted molar refractivity (Wildman–Crippen MR) is 116 cm³/mol. The molecule has 1 atom stereocenters. The Hall–Kier alpha value is -1.99. The van der Waals surface area contributed by atoms with Crippen LogP contribution in [-0.4, -0.2) is 43.0 Å². The van der Waals surface area contributed by atoms with E-state index in [0.717, 1.165) is 0 Å². The Labute approximate surface area is 182 Å². The Kier molecular flexibility index (Phi) is 9.73. The molecule has 0 fully saturated rings. The van der Waals surface area contributed by atoms with Crippen LogP contribution in [0.2, 0.25) is 10.0 Å². The highest BCUT2D eigenvalue weighted by atomic mass is 35.5. The summed E-state index contributed by atoms with van der Waals surface area (Å²) in [7, 11) is 1.40. The fourth-order valence-electron chi connectivity index (χ4n) is 2.46. The fourth-order valence-corrected chi connectivity index (χ4v) is 2.97. The maximum Gasteiger partial charge on any atom is 0.408 e. The first-order valence-corrected chi connectivity index (χ1v) is 10.0. The van der Waals surface area contributed by atoms with E-state index in [1.165, 1.54) is 7.11 Å². The first kappa shape index (κ1) is 25.0.